The first-order valence-corrected chi connectivity index (χ1v) is 7.10. The summed E-state index contributed by atoms with van der Waals surface area (Å²) in [4.78, 5) is 0. The van der Waals surface area contributed by atoms with Gasteiger partial charge in [0.15, 0.2) is 0 Å². The summed E-state index contributed by atoms with van der Waals surface area (Å²) in [5.74, 6) is 0.674. The Bertz CT molecular complexity index is 400. The number of hydrogen-bond acceptors (Lipinski definition) is 2. The number of rotatable bonds is 4. The third kappa shape index (κ3) is 3.08. The molecule has 0 heterocycles. The van der Waals surface area contributed by atoms with E-state index >= 15 is 0 Å². The minimum Gasteiger partial charge on any atom is -0.486 e. The molecule has 1 aromatic carbocycles. The zero-order valence-corrected chi connectivity index (χ0v) is 12.4. The predicted octanol–water partition coefficient (Wildman–Crippen LogP) is 4.27. The van der Waals surface area contributed by atoms with Gasteiger partial charge in [-0.1, -0.05) is 27.5 Å². The lowest BCUT2D eigenvalue weighted by molar-refractivity contribution is -0.0759. The standard InChI is InChI=1S/C12H13BrCl2O2/c1-2-16-12-9(15)6-11(12)17-10-4-3-7(13)5-8(10)14/h3-5,9,11-12H,2,6H2,1H3. The Morgan fingerprint density at radius 3 is 2.82 bits per heavy atom. The van der Waals surface area contributed by atoms with Gasteiger partial charge in [0.2, 0.25) is 0 Å². The Kier molecular flexibility index (Phi) is 4.59. The number of ether oxygens (including phenoxy) is 2. The highest BCUT2D eigenvalue weighted by molar-refractivity contribution is 9.10. The highest BCUT2D eigenvalue weighted by Crippen LogP contribution is 2.36. The molecule has 1 fully saturated rings. The van der Waals surface area contributed by atoms with Crippen LogP contribution in [0.15, 0.2) is 22.7 Å². The first kappa shape index (κ1) is 13.5. The van der Waals surface area contributed by atoms with E-state index in [9.17, 15) is 0 Å². The third-order valence-corrected chi connectivity index (χ3v) is 3.93. The second-order valence-electron chi connectivity index (χ2n) is 3.90. The highest BCUT2D eigenvalue weighted by atomic mass is 79.9. The van der Waals surface area contributed by atoms with Crippen molar-refractivity contribution in [3.8, 4) is 5.75 Å². The van der Waals surface area contributed by atoms with E-state index in [-0.39, 0.29) is 17.6 Å². The molecule has 17 heavy (non-hydrogen) atoms. The van der Waals surface area contributed by atoms with Gasteiger partial charge in [-0.2, -0.15) is 0 Å². The van der Waals surface area contributed by atoms with Crippen LogP contribution >= 0.6 is 39.1 Å². The van der Waals surface area contributed by atoms with Crippen molar-refractivity contribution in [2.75, 3.05) is 6.61 Å². The van der Waals surface area contributed by atoms with E-state index in [1.165, 1.54) is 0 Å². The van der Waals surface area contributed by atoms with Crippen LogP contribution < -0.4 is 4.74 Å². The molecule has 0 radical (unpaired) electrons. The van der Waals surface area contributed by atoms with E-state index in [4.69, 9.17) is 32.7 Å². The Labute approximate surface area is 119 Å². The summed E-state index contributed by atoms with van der Waals surface area (Å²) >= 11 is 15.5. The zero-order chi connectivity index (χ0) is 12.4. The van der Waals surface area contributed by atoms with Crippen molar-refractivity contribution in [1.82, 2.24) is 0 Å². The monoisotopic (exact) mass is 338 g/mol. The van der Waals surface area contributed by atoms with Gasteiger partial charge in [0.05, 0.1) is 10.4 Å². The molecular formula is C12H13BrCl2O2. The molecule has 0 saturated heterocycles. The molecule has 1 saturated carbocycles. The minimum atomic E-state index is -0.0404. The van der Waals surface area contributed by atoms with Gasteiger partial charge >= 0.3 is 0 Å². The fraction of sp³-hybridized carbons (Fsp3) is 0.500. The van der Waals surface area contributed by atoms with E-state index in [2.05, 4.69) is 15.9 Å². The molecule has 0 N–H and O–H groups in total. The van der Waals surface area contributed by atoms with Gasteiger partial charge < -0.3 is 9.47 Å². The largest absolute Gasteiger partial charge is 0.486 e. The maximum Gasteiger partial charge on any atom is 0.138 e. The molecule has 1 aromatic rings. The van der Waals surface area contributed by atoms with Gasteiger partial charge in [0.25, 0.3) is 0 Å². The van der Waals surface area contributed by atoms with Crippen molar-refractivity contribution >= 4 is 39.1 Å². The average molecular weight is 340 g/mol. The Hall–Kier alpha value is 0.0400. The van der Waals surface area contributed by atoms with E-state index < -0.39 is 0 Å². The number of benzene rings is 1. The number of halogens is 3. The number of alkyl halides is 1. The van der Waals surface area contributed by atoms with Crippen LogP contribution in [0.4, 0.5) is 0 Å². The summed E-state index contributed by atoms with van der Waals surface area (Å²) in [6.07, 6.45) is 0.746. The average Bonchev–Trinajstić information content (AvgIpc) is 2.28. The molecule has 1 aliphatic carbocycles. The summed E-state index contributed by atoms with van der Waals surface area (Å²) in [6.45, 7) is 2.59. The van der Waals surface area contributed by atoms with E-state index in [1.54, 1.807) is 0 Å². The van der Waals surface area contributed by atoms with Crippen LogP contribution in [-0.4, -0.2) is 24.2 Å². The van der Waals surface area contributed by atoms with Crippen LogP contribution in [-0.2, 0) is 4.74 Å². The Morgan fingerprint density at radius 2 is 2.24 bits per heavy atom. The molecule has 0 spiro atoms. The summed E-state index contributed by atoms with van der Waals surface area (Å²) in [6, 6.07) is 5.55. The van der Waals surface area contributed by atoms with Crippen molar-refractivity contribution in [3.05, 3.63) is 27.7 Å². The van der Waals surface area contributed by atoms with Crippen LogP contribution in [0.5, 0.6) is 5.75 Å². The van der Waals surface area contributed by atoms with Crippen molar-refractivity contribution < 1.29 is 9.47 Å². The van der Waals surface area contributed by atoms with E-state index in [0.29, 0.717) is 17.4 Å². The minimum absolute atomic E-state index is 0.00359. The van der Waals surface area contributed by atoms with Crippen molar-refractivity contribution in [1.29, 1.82) is 0 Å². The van der Waals surface area contributed by atoms with E-state index in [0.717, 1.165) is 10.9 Å². The van der Waals surface area contributed by atoms with Crippen LogP contribution in [0.2, 0.25) is 5.02 Å². The molecule has 0 aliphatic heterocycles. The van der Waals surface area contributed by atoms with Gasteiger partial charge in [-0.3, -0.25) is 0 Å². The van der Waals surface area contributed by atoms with Gasteiger partial charge in [-0.05, 0) is 25.1 Å². The summed E-state index contributed by atoms with van der Waals surface area (Å²) < 4.78 is 12.3. The summed E-state index contributed by atoms with van der Waals surface area (Å²) in [5, 5.41) is 0.627. The molecule has 3 unspecified atom stereocenters. The lowest BCUT2D eigenvalue weighted by atomic mass is 9.91. The summed E-state index contributed by atoms with van der Waals surface area (Å²) in [7, 11) is 0. The lowest BCUT2D eigenvalue weighted by Crippen LogP contribution is -2.52. The molecule has 1 aliphatic rings. The first-order valence-electron chi connectivity index (χ1n) is 5.49. The molecule has 3 atom stereocenters. The fourth-order valence-corrected chi connectivity index (χ4v) is 2.91. The molecule has 2 rings (SSSR count). The van der Waals surface area contributed by atoms with Crippen LogP contribution in [0.1, 0.15) is 13.3 Å². The molecule has 0 bridgehead atoms. The Morgan fingerprint density at radius 1 is 1.47 bits per heavy atom. The molecule has 5 heteroatoms. The lowest BCUT2D eigenvalue weighted by Gasteiger charge is -2.40. The topological polar surface area (TPSA) is 18.5 Å². The second kappa shape index (κ2) is 5.79. The maximum atomic E-state index is 6.09. The van der Waals surface area contributed by atoms with Gasteiger partial charge in [0.1, 0.15) is 18.0 Å². The van der Waals surface area contributed by atoms with Crippen molar-refractivity contribution in [3.63, 3.8) is 0 Å². The molecule has 0 aromatic heterocycles. The fourth-order valence-electron chi connectivity index (χ4n) is 1.78. The van der Waals surface area contributed by atoms with Gasteiger partial charge in [-0.15, -0.1) is 11.6 Å². The van der Waals surface area contributed by atoms with Crippen molar-refractivity contribution in [2.45, 2.75) is 30.9 Å². The second-order valence-corrected chi connectivity index (χ2v) is 5.79. The van der Waals surface area contributed by atoms with Crippen LogP contribution in [0.3, 0.4) is 0 Å². The number of hydrogen-bond donors (Lipinski definition) is 0. The normalized spacial score (nSPS) is 27.6. The van der Waals surface area contributed by atoms with Gasteiger partial charge in [0, 0.05) is 17.5 Å². The molecular weight excluding hydrogens is 327 g/mol. The van der Waals surface area contributed by atoms with Crippen molar-refractivity contribution in [2.24, 2.45) is 0 Å². The third-order valence-electron chi connectivity index (χ3n) is 2.71. The van der Waals surface area contributed by atoms with Crippen LogP contribution in [0, 0.1) is 0 Å². The summed E-state index contributed by atoms with van der Waals surface area (Å²) in [5.41, 5.74) is 0. The SMILES string of the molecule is CCOC1C(Cl)CC1Oc1ccc(Br)cc1Cl. The predicted molar refractivity (Wildman–Crippen MR) is 73.2 cm³/mol. The van der Waals surface area contributed by atoms with Crippen LogP contribution in [0.25, 0.3) is 0 Å². The van der Waals surface area contributed by atoms with Gasteiger partial charge in [-0.25, -0.2) is 0 Å². The smallest absolute Gasteiger partial charge is 0.138 e. The Balaban J connectivity index is 2.01. The first-order chi connectivity index (χ1) is 8.11. The highest BCUT2D eigenvalue weighted by Gasteiger charge is 2.42. The quantitative estimate of drug-likeness (QED) is 0.763. The molecule has 2 nitrogen and oxygen atoms in total. The zero-order valence-electron chi connectivity index (χ0n) is 9.33. The maximum absolute atomic E-state index is 6.09. The van der Waals surface area contributed by atoms with E-state index in [1.807, 2.05) is 25.1 Å². The molecule has 94 valence electrons. The molecule has 0 amide bonds.